The average Bonchev–Trinajstić information content (AvgIpc) is 2.34. The van der Waals surface area contributed by atoms with Gasteiger partial charge in [0.15, 0.2) is 0 Å². The van der Waals surface area contributed by atoms with Crippen molar-refractivity contribution in [2.24, 2.45) is 7.05 Å². The van der Waals surface area contributed by atoms with Crippen molar-refractivity contribution < 1.29 is 4.79 Å². The summed E-state index contributed by atoms with van der Waals surface area (Å²) in [6.07, 6.45) is 0. The largest absolute Gasteiger partial charge is 0.281 e. The summed E-state index contributed by atoms with van der Waals surface area (Å²) in [7, 11) is 3.24. The molecule has 0 fully saturated rings. The molecule has 0 aliphatic rings. The summed E-state index contributed by atoms with van der Waals surface area (Å²) >= 11 is 0. The molecule has 0 N–H and O–H groups in total. The number of tetrazole rings is 1. The van der Waals surface area contributed by atoms with Crippen LogP contribution in [0.3, 0.4) is 0 Å². The Balaban J connectivity index is 2.84. The van der Waals surface area contributed by atoms with Crippen LogP contribution in [0.1, 0.15) is 6.92 Å². The smallest absolute Gasteiger partial charge is 0.272 e. The molecule has 0 saturated carbocycles. The maximum absolute atomic E-state index is 10.8. The van der Waals surface area contributed by atoms with E-state index in [2.05, 4.69) is 15.4 Å². The molecule has 0 bridgehead atoms. The van der Waals surface area contributed by atoms with Gasteiger partial charge >= 0.3 is 0 Å². The van der Waals surface area contributed by atoms with Crippen molar-refractivity contribution in [3.8, 4) is 0 Å². The Morgan fingerprint density at radius 2 is 2.27 bits per heavy atom. The summed E-state index contributed by atoms with van der Waals surface area (Å²) < 4.78 is 0. The molecule has 60 valence electrons. The van der Waals surface area contributed by atoms with Crippen molar-refractivity contribution in [1.82, 2.24) is 20.2 Å². The van der Waals surface area contributed by atoms with E-state index in [-0.39, 0.29) is 5.91 Å². The van der Waals surface area contributed by atoms with E-state index in [0.29, 0.717) is 5.95 Å². The molecule has 0 saturated heterocycles. The van der Waals surface area contributed by atoms with Gasteiger partial charge < -0.3 is 0 Å². The molecular formula is C5H9N5O. The second-order valence-corrected chi connectivity index (χ2v) is 2.16. The Kier molecular flexibility index (Phi) is 1.84. The SMILES string of the molecule is CC(=O)N(C)c1nnn(C)n1. The topological polar surface area (TPSA) is 63.9 Å². The molecule has 1 aromatic heterocycles. The number of anilines is 1. The summed E-state index contributed by atoms with van der Waals surface area (Å²) in [4.78, 5) is 13.4. The summed E-state index contributed by atoms with van der Waals surface area (Å²) in [5, 5.41) is 11.1. The predicted molar refractivity (Wildman–Crippen MR) is 37.9 cm³/mol. The summed E-state index contributed by atoms with van der Waals surface area (Å²) in [6, 6.07) is 0. The lowest BCUT2D eigenvalue weighted by Gasteiger charge is -2.06. The highest BCUT2D eigenvalue weighted by Crippen LogP contribution is 1.99. The van der Waals surface area contributed by atoms with Crippen LogP contribution in [0.5, 0.6) is 0 Å². The van der Waals surface area contributed by atoms with E-state index in [1.165, 1.54) is 16.6 Å². The van der Waals surface area contributed by atoms with E-state index >= 15 is 0 Å². The Morgan fingerprint density at radius 1 is 1.64 bits per heavy atom. The summed E-state index contributed by atoms with van der Waals surface area (Å²) in [6.45, 7) is 1.44. The lowest BCUT2D eigenvalue weighted by atomic mass is 10.6. The molecule has 1 heterocycles. The van der Waals surface area contributed by atoms with Crippen LogP contribution in [0.25, 0.3) is 0 Å². The van der Waals surface area contributed by atoms with Gasteiger partial charge in [-0.05, 0) is 5.21 Å². The number of rotatable bonds is 1. The van der Waals surface area contributed by atoms with Crippen LogP contribution in [0.15, 0.2) is 0 Å². The summed E-state index contributed by atoms with van der Waals surface area (Å²) in [5.74, 6) is 0.206. The fourth-order valence-corrected chi connectivity index (χ4v) is 0.549. The standard InChI is InChI=1S/C5H9N5O/c1-4(11)9(2)5-6-8-10(3)7-5/h1-3H3. The molecule has 0 unspecified atom stereocenters. The van der Waals surface area contributed by atoms with Gasteiger partial charge in [0.05, 0.1) is 7.05 Å². The van der Waals surface area contributed by atoms with Crippen LogP contribution in [0, 0.1) is 0 Å². The van der Waals surface area contributed by atoms with Crippen LogP contribution >= 0.6 is 0 Å². The van der Waals surface area contributed by atoms with Gasteiger partial charge in [-0.1, -0.05) is 5.10 Å². The second-order valence-electron chi connectivity index (χ2n) is 2.16. The maximum Gasteiger partial charge on any atom is 0.272 e. The Morgan fingerprint density at radius 3 is 2.64 bits per heavy atom. The third-order valence-corrected chi connectivity index (χ3v) is 1.27. The first-order chi connectivity index (χ1) is 5.11. The Labute approximate surface area is 63.8 Å². The lowest BCUT2D eigenvalue weighted by molar-refractivity contribution is -0.116. The number of hydrogen-bond donors (Lipinski definition) is 0. The molecule has 0 aliphatic heterocycles. The van der Waals surface area contributed by atoms with E-state index in [0.717, 1.165) is 0 Å². The quantitative estimate of drug-likeness (QED) is 0.532. The minimum atomic E-state index is -0.113. The van der Waals surface area contributed by atoms with Gasteiger partial charge in [-0.3, -0.25) is 9.69 Å². The Hall–Kier alpha value is -1.46. The molecule has 6 nitrogen and oxygen atoms in total. The lowest BCUT2D eigenvalue weighted by Crippen LogP contribution is -2.24. The monoisotopic (exact) mass is 155 g/mol. The second kappa shape index (κ2) is 2.65. The third kappa shape index (κ3) is 1.51. The summed E-state index contributed by atoms with van der Waals surface area (Å²) in [5.41, 5.74) is 0. The molecule has 1 rings (SSSR count). The molecule has 11 heavy (non-hydrogen) atoms. The zero-order chi connectivity index (χ0) is 8.43. The first kappa shape index (κ1) is 7.64. The number of carbonyl (C=O) groups is 1. The molecule has 0 aliphatic carbocycles. The zero-order valence-electron chi connectivity index (χ0n) is 6.64. The molecule has 0 aromatic carbocycles. The van der Waals surface area contributed by atoms with Crippen LogP contribution < -0.4 is 4.90 Å². The first-order valence-corrected chi connectivity index (χ1v) is 3.09. The fourth-order valence-electron chi connectivity index (χ4n) is 0.549. The molecule has 0 radical (unpaired) electrons. The van der Waals surface area contributed by atoms with E-state index in [9.17, 15) is 4.79 Å². The van der Waals surface area contributed by atoms with Crippen molar-refractivity contribution in [3.63, 3.8) is 0 Å². The average molecular weight is 155 g/mol. The maximum atomic E-state index is 10.8. The van der Waals surface area contributed by atoms with Gasteiger partial charge in [-0.25, -0.2) is 0 Å². The fraction of sp³-hybridized carbons (Fsp3) is 0.600. The van der Waals surface area contributed by atoms with Gasteiger partial charge in [0, 0.05) is 14.0 Å². The van der Waals surface area contributed by atoms with Crippen molar-refractivity contribution in [3.05, 3.63) is 0 Å². The van der Waals surface area contributed by atoms with Crippen molar-refractivity contribution in [2.75, 3.05) is 11.9 Å². The third-order valence-electron chi connectivity index (χ3n) is 1.27. The minimum absolute atomic E-state index is 0.113. The van der Waals surface area contributed by atoms with E-state index in [4.69, 9.17) is 0 Å². The van der Waals surface area contributed by atoms with E-state index in [1.807, 2.05) is 0 Å². The molecule has 1 amide bonds. The molecule has 0 spiro atoms. The first-order valence-electron chi connectivity index (χ1n) is 3.09. The molecular weight excluding hydrogens is 146 g/mol. The van der Waals surface area contributed by atoms with E-state index < -0.39 is 0 Å². The van der Waals surface area contributed by atoms with Gasteiger partial charge in [-0.2, -0.15) is 4.80 Å². The van der Waals surface area contributed by atoms with Crippen LogP contribution in [-0.4, -0.2) is 33.2 Å². The van der Waals surface area contributed by atoms with Crippen molar-refractivity contribution in [2.45, 2.75) is 6.92 Å². The molecule has 6 heteroatoms. The number of hydrogen-bond acceptors (Lipinski definition) is 4. The highest BCUT2D eigenvalue weighted by molar-refractivity contribution is 5.88. The normalized spacial score (nSPS) is 9.73. The number of nitrogens with zero attached hydrogens (tertiary/aromatic N) is 5. The predicted octanol–water partition coefficient (Wildman–Crippen LogP) is -0.807. The van der Waals surface area contributed by atoms with Crippen LogP contribution in [-0.2, 0) is 11.8 Å². The van der Waals surface area contributed by atoms with Crippen molar-refractivity contribution in [1.29, 1.82) is 0 Å². The number of carbonyl (C=O) groups excluding carboxylic acids is 1. The number of amides is 1. The van der Waals surface area contributed by atoms with Crippen molar-refractivity contribution >= 4 is 11.9 Å². The highest BCUT2D eigenvalue weighted by Gasteiger charge is 2.09. The van der Waals surface area contributed by atoms with Gasteiger partial charge in [0.1, 0.15) is 0 Å². The van der Waals surface area contributed by atoms with Crippen LogP contribution in [0.4, 0.5) is 5.95 Å². The van der Waals surface area contributed by atoms with Gasteiger partial charge in [-0.15, -0.1) is 5.10 Å². The minimum Gasteiger partial charge on any atom is -0.281 e. The van der Waals surface area contributed by atoms with E-state index in [1.54, 1.807) is 14.1 Å². The van der Waals surface area contributed by atoms with Gasteiger partial charge in [0.2, 0.25) is 5.91 Å². The highest BCUT2D eigenvalue weighted by atomic mass is 16.2. The molecule has 0 atom stereocenters. The van der Waals surface area contributed by atoms with Gasteiger partial charge in [0.25, 0.3) is 5.95 Å². The Bertz CT molecular complexity index is 268. The number of aryl methyl sites for hydroxylation is 1. The molecule has 1 aromatic rings. The zero-order valence-corrected chi connectivity index (χ0v) is 6.64. The number of aromatic nitrogens is 4. The van der Waals surface area contributed by atoms with Crippen LogP contribution in [0.2, 0.25) is 0 Å².